The number of carbonyl (C=O) groups is 2. The third-order valence-corrected chi connectivity index (χ3v) is 8.19. The molecule has 0 radical (unpaired) electrons. The molecular weight excluding hydrogens is 617 g/mol. The first kappa shape index (κ1) is 35.7. The molecule has 1 aliphatic rings. The number of rotatable bonds is 12. The fraction of sp³-hybridized carbons (Fsp3) is 0.394. The highest BCUT2D eigenvalue weighted by molar-refractivity contribution is 7.90. The molecule has 2 unspecified atom stereocenters. The van der Waals surface area contributed by atoms with E-state index in [1.165, 1.54) is 0 Å². The number of amides is 1. The van der Waals surface area contributed by atoms with Gasteiger partial charge in [-0.3, -0.25) is 9.69 Å². The molecule has 12 heteroatoms. The van der Waals surface area contributed by atoms with E-state index in [0.29, 0.717) is 24.3 Å². The standard InChI is InChI=1S/C31H36N2O6S.C2H6O2S/c1-22-9-6-7-13-26(22)28-19-23(20-33-17-8-10-24(33)21-39-25-11-4-3-5-12-25)14-15-27(28)30(34)32-29(31(35)36)16-18-40(2,37)38;1-5(2,3)4/h3-7,9,11-15,19,24,29H,8,10,16-18,20-21H2,1-2H3,(H,32,34)(H,35,36);1-2H3. The molecule has 1 aliphatic heterocycles. The molecule has 0 saturated carbocycles. The third-order valence-electron chi connectivity index (χ3n) is 7.21. The maximum atomic E-state index is 13.4. The van der Waals surface area contributed by atoms with Crippen LogP contribution in [0.2, 0.25) is 0 Å². The van der Waals surface area contributed by atoms with Crippen molar-refractivity contribution in [2.24, 2.45) is 0 Å². The van der Waals surface area contributed by atoms with Crippen molar-refractivity contribution in [3.05, 3.63) is 89.5 Å². The molecule has 1 heterocycles. The van der Waals surface area contributed by atoms with Gasteiger partial charge in [-0.1, -0.05) is 48.5 Å². The number of aryl methyl sites for hydroxylation is 1. The molecule has 10 nitrogen and oxygen atoms in total. The number of carboxylic acids is 1. The lowest BCUT2D eigenvalue weighted by Crippen LogP contribution is -2.42. The van der Waals surface area contributed by atoms with Gasteiger partial charge in [-0.05, 0) is 79.3 Å². The molecule has 1 amide bonds. The Morgan fingerprint density at radius 1 is 0.956 bits per heavy atom. The molecule has 0 spiro atoms. The van der Waals surface area contributed by atoms with Crippen LogP contribution in [0.15, 0.2) is 72.8 Å². The molecule has 2 atom stereocenters. The number of sulfone groups is 2. The second-order valence-corrected chi connectivity index (χ2v) is 16.1. The molecular formula is C33H42N2O8S2. The van der Waals surface area contributed by atoms with E-state index in [0.717, 1.165) is 60.6 Å². The lowest BCUT2D eigenvalue weighted by atomic mass is 9.93. The van der Waals surface area contributed by atoms with Crippen LogP contribution in [0.25, 0.3) is 11.1 Å². The topological polar surface area (TPSA) is 147 Å². The number of para-hydroxylation sites is 1. The molecule has 3 aromatic rings. The first-order chi connectivity index (χ1) is 21.1. The van der Waals surface area contributed by atoms with Gasteiger partial charge in [0, 0.05) is 36.9 Å². The van der Waals surface area contributed by atoms with Gasteiger partial charge in [0.25, 0.3) is 5.91 Å². The van der Waals surface area contributed by atoms with Crippen LogP contribution in [0.4, 0.5) is 0 Å². The normalized spacial score (nSPS) is 15.9. The van der Waals surface area contributed by atoms with E-state index in [9.17, 15) is 31.5 Å². The Hall–Kier alpha value is -3.74. The Bertz CT molecular complexity index is 1670. The number of hydrogen-bond acceptors (Lipinski definition) is 8. The minimum Gasteiger partial charge on any atom is -0.492 e. The third kappa shape index (κ3) is 12.3. The van der Waals surface area contributed by atoms with Crippen LogP contribution < -0.4 is 10.1 Å². The molecule has 45 heavy (non-hydrogen) atoms. The van der Waals surface area contributed by atoms with Gasteiger partial charge in [0.1, 0.15) is 38.1 Å². The van der Waals surface area contributed by atoms with Crippen molar-refractivity contribution in [2.75, 3.05) is 37.7 Å². The average Bonchev–Trinajstić information content (AvgIpc) is 3.40. The predicted octanol–water partition coefficient (Wildman–Crippen LogP) is 3.98. The number of carbonyl (C=O) groups excluding carboxylic acids is 1. The molecule has 4 rings (SSSR count). The van der Waals surface area contributed by atoms with E-state index in [1.807, 2.05) is 73.7 Å². The Kier molecular flexibility index (Phi) is 12.7. The van der Waals surface area contributed by atoms with Gasteiger partial charge < -0.3 is 15.2 Å². The maximum Gasteiger partial charge on any atom is 0.326 e. The highest BCUT2D eigenvalue weighted by atomic mass is 32.2. The summed E-state index contributed by atoms with van der Waals surface area (Å²) < 4.78 is 48.5. The van der Waals surface area contributed by atoms with Gasteiger partial charge in [-0.15, -0.1) is 0 Å². The van der Waals surface area contributed by atoms with Gasteiger partial charge in [-0.25, -0.2) is 21.6 Å². The van der Waals surface area contributed by atoms with Gasteiger partial charge >= 0.3 is 5.97 Å². The summed E-state index contributed by atoms with van der Waals surface area (Å²) in [6.07, 6.45) is 5.28. The minimum atomic E-state index is -3.38. The van der Waals surface area contributed by atoms with Crippen molar-refractivity contribution in [1.29, 1.82) is 0 Å². The number of carboxylic acid groups (broad SMARTS) is 1. The van der Waals surface area contributed by atoms with E-state index in [1.54, 1.807) is 6.07 Å². The monoisotopic (exact) mass is 658 g/mol. The molecule has 0 aliphatic carbocycles. The molecule has 0 aromatic heterocycles. The van der Waals surface area contributed by atoms with Crippen LogP contribution >= 0.6 is 0 Å². The molecule has 2 N–H and O–H groups in total. The quantitative estimate of drug-likeness (QED) is 0.295. The summed E-state index contributed by atoms with van der Waals surface area (Å²) in [6, 6.07) is 22.1. The smallest absolute Gasteiger partial charge is 0.326 e. The van der Waals surface area contributed by atoms with Crippen molar-refractivity contribution in [2.45, 2.75) is 44.8 Å². The highest BCUT2D eigenvalue weighted by Crippen LogP contribution is 2.30. The largest absolute Gasteiger partial charge is 0.492 e. The number of nitrogens with zero attached hydrogens (tertiary/aromatic N) is 1. The summed E-state index contributed by atoms with van der Waals surface area (Å²) in [4.78, 5) is 27.5. The molecule has 244 valence electrons. The Morgan fingerprint density at radius 2 is 1.60 bits per heavy atom. The zero-order valence-corrected chi connectivity index (χ0v) is 27.7. The van der Waals surface area contributed by atoms with Crippen molar-refractivity contribution in [3.63, 3.8) is 0 Å². The fourth-order valence-electron chi connectivity index (χ4n) is 5.05. The zero-order chi connectivity index (χ0) is 33.2. The minimum absolute atomic E-state index is 0.209. The summed E-state index contributed by atoms with van der Waals surface area (Å²) in [5.41, 5.74) is 3.94. The zero-order valence-electron chi connectivity index (χ0n) is 26.1. The maximum absolute atomic E-state index is 13.4. The summed E-state index contributed by atoms with van der Waals surface area (Å²) in [7, 11) is -6.05. The van der Waals surface area contributed by atoms with Crippen molar-refractivity contribution in [1.82, 2.24) is 10.2 Å². The number of nitrogens with one attached hydrogen (secondary N) is 1. The van der Waals surface area contributed by atoms with E-state index in [2.05, 4.69) is 10.2 Å². The predicted molar refractivity (Wildman–Crippen MR) is 176 cm³/mol. The second-order valence-electron chi connectivity index (χ2n) is 11.5. The summed E-state index contributed by atoms with van der Waals surface area (Å²) in [5.74, 6) is -1.31. The lowest BCUT2D eigenvalue weighted by Gasteiger charge is -2.25. The molecule has 1 saturated heterocycles. The SMILES string of the molecule is CS(C)(=O)=O.Cc1ccccc1-c1cc(CN2CCCC2COc2ccccc2)ccc1C(=O)NC(CCS(C)(=O)=O)C(=O)O. The fourth-order valence-corrected chi connectivity index (χ4v) is 5.71. The number of likely N-dealkylation sites (tertiary alicyclic amines) is 1. The van der Waals surface area contributed by atoms with E-state index in [-0.39, 0.29) is 18.2 Å². The molecule has 0 bridgehead atoms. The van der Waals surface area contributed by atoms with Crippen molar-refractivity contribution < 1.29 is 36.3 Å². The lowest BCUT2D eigenvalue weighted by molar-refractivity contribution is -0.139. The average molecular weight is 659 g/mol. The first-order valence-electron chi connectivity index (χ1n) is 14.6. The van der Waals surface area contributed by atoms with Gasteiger partial charge in [0.05, 0.1) is 5.75 Å². The van der Waals surface area contributed by atoms with Crippen LogP contribution in [-0.2, 0) is 31.0 Å². The van der Waals surface area contributed by atoms with E-state index < -0.39 is 37.6 Å². The first-order valence-corrected chi connectivity index (χ1v) is 18.9. The Morgan fingerprint density at radius 3 is 2.22 bits per heavy atom. The molecule has 1 fully saturated rings. The van der Waals surface area contributed by atoms with Gasteiger partial charge in [-0.2, -0.15) is 0 Å². The van der Waals surface area contributed by atoms with Gasteiger partial charge in [0.15, 0.2) is 0 Å². The van der Waals surface area contributed by atoms with Gasteiger partial charge in [0.2, 0.25) is 0 Å². The van der Waals surface area contributed by atoms with Crippen molar-refractivity contribution >= 4 is 31.6 Å². The van der Waals surface area contributed by atoms with Crippen molar-refractivity contribution in [3.8, 4) is 16.9 Å². The van der Waals surface area contributed by atoms with Crippen LogP contribution in [-0.4, -0.2) is 88.5 Å². The highest BCUT2D eigenvalue weighted by Gasteiger charge is 2.27. The van der Waals surface area contributed by atoms with E-state index in [4.69, 9.17) is 4.74 Å². The Labute approximate surface area is 266 Å². The van der Waals surface area contributed by atoms with Crippen LogP contribution in [0.5, 0.6) is 5.75 Å². The second kappa shape index (κ2) is 16.0. The number of ether oxygens (including phenoxy) is 1. The van der Waals surface area contributed by atoms with E-state index >= 15 is 0 Å². The van der Waals surface area contributed by atoms with Crippen LogP contribution in [0.3, 0.4) is 0 Å². The number of aliphatic carboxylic acids is 1. The summed E-state index contributed by atoms with van der Waals surface area (Å²) in [5, 5.41) is 12.2. The van der Waals surface area contributed by atoms with Crippen LogP contribution in [0.1, 0.15) is 40.7 Å². The number of benzene rings is 3. The Balaban J connectivity index is 0.00000102. The van der Waals surface area contributed by atoms with Crippen LogP contribution in [0, 0.1) is 6.92 Å². The summed E-state index contributed by atoms with van der Waals surface area (Å²) >= 11 is 0. The summed E-state index contributed by atoms with van der Waals surface area (Å²) in [6.45, 7) is 4.20. The molecule has 3 aromatic carbocycles. The number of hydrogen-bond donors (Lipinski definition) is 2.